The first-order chi connectivity index (χ1) is 6.19. The molecule has 1 fully saturated rings. The van der Waals surface area contributed by atoms with E-state index in [1.807, 2.05) is 25.2 Å². The van der Waals surface area contributed by atoms with Crippen LogP contribution in [0.25, 0.3) is 0 Å². The minimum absolute atomic E-state index is 0.0510. The van der Waals surface area contributed by atoms with Gasteiger partial charge in [-0.05, 0) is 32.0 Å². The SMILES string of the molecule is CNC1(c2c(Cl)cccc2Cl)CC1. The van der Waals surface area contributed by atoms with Crippen LogP contribution in [0, 0.1) is 0 Å². The highest BCUT2D eigenvalue weighted by Crippen LogP contribution is 2.50. The van der Waals surface area contributed by atoms with Crippen molar-refractivity contribution < 1.29 is 0 Å². The lowest BCUT2D eigenvalue weighted by atomic mass is 10.1. The van der Waals surface area contributed by atoms with Crippen LogP contribution in [0.1, 0.15) is 18.4 Å². The lowest BCUT2D eigenvalue weighted by Gasteiger charge is -2.17. The van der Waals surface area contributed by atoms with Crippen molar-refractivity contribution in [3.63, 3.8) is 0 Å². The van der Waals surface area contributed by atoms with Crippen molar-refractivity contribution in [2.45, 2.75) is 18.4 Å². The normalized spacial score (nSPS) is 18.7. The Balaban J connectivity index is 2.50. The highest BCUT2D eigenvalue weighted by molar-refractivity contribution is 6.36. The van der Waals surface area contributed by atoms with Gasteiger partial charge in [0.1, 0.15) is 0 Å². The molecule has 0 unspecified atom stereocenters. The molecular formula is C10H11Cl2N. The Morgan fingerprint density at radius 2 is 1.77 bits per heavy atom. The van der Waals surface area contributed by atoms with Gasteiger partial charge < -0.3 is 5.32 Å². The zero-order valence-electron chi connectivity index (χ0n) is 7.40. The van der Waals surface area contributed by atoms with Crippen LogP contribution in [0.15, 0.2) is 18.2 Å². The molecule has 0 aromatic heterocycles. The van der Waals surface area contributed by atoms with E-state index in [0.717, 1.165) is 28.5 Å². The third-order valence-electron chi connectivity index (χ3n) is 2.67. The standard InChI is InChI=1S/C10H11Cl2N/c1-13-10(5-6-10)9-7(11)3-2-4-8(9)12/h2-4,13H,5-6H2,1H3. The van der Waals surface area contributed by atoms with Crippen molar-refractivity contribution in [2.24, 2.45) is 0 Å². The molecule has 1 nitrogen and oxygen atoms in total. The van der Waals surface area contributed by atoms with Crippen LogP contribution in [0.5, 0.6) is 0 Å². The quantitative estimate of drug-likeness (QED) is 0.800. The summed E-state index contributed by atoms with van der Waals surface area (Å²) in [5.41, 5.74) is 1.11. The van der Waals surface area contributed by atoms with Crippen molar-refractivity contribution in [1.29, 1.82) is 0 Å². The minimum Gasteiger partial charge on any atom is -0.310 e. The largest absolute Gasteiger partial charge is 0.310 e. The van der Waals surface area contributed by atoms with Gasteiger partial charge in [-0.1, -0.05) is 29.3 Å². The first-order valence-electron chi connectivity index (χ1n) is 4.33. The summed E-state index contributed by atoms with van der Waals surface area (Å²) in [6.45, 7) is 0. The number of hydrogen-bond donors (Lipinski definition) is 1. The van der Waals surface area contributed by atoms with Gasteiger partial charge in [0.2, 0.25) is 0 Å². The number of rotatable bonds is 2. The molecule has 0 spiro atoms. The van der Waals surface area contributed by atoms with Crippen molar-refractivity contribution in [2.75, 3.05) is 7.05 Å². The van der Waals surface area contributed by atoms with Crippen LogP contribution in [0.2, 0.25) is 10.0 Å². The Morgan fingerprint density at radius 1 is 1.23 bits per heavy atom. The fourth-order valence-electron chi connectivity index (χ4n) is 1.70. The molecule has 2 rings (SSSR count). The molecule has 0 bridgehead atoms. The number of hydrogen-bond acceptors (Lipinski definition) is 1. The first-order valence-corrected chi connectivity index (χ1v) is 5.09. The maximum absolute atomic E-state index is 6.11. The van der Waals surface area contributed by atoms with E-state index in [0.29, 0.717) is 0 Å². The molecule has 13 heavy (non-hydrogen) atoms. The van der Waals surface area contributed by atoms with Gasteiger partial charge in [-0.15, -0.1) is 0 Å². The smallest absolute Gasteiger partial charge is 0.0471 e. The lowest BCUT2D eigenvalue weighted by molar-refractivity contribution is 0.586. The molecule has 0 amide bonds. The number of halogens is 2. The summed E-state index contributed by atoms with van der Waals surface area (Å²) in [7, 11) is 1.95. The zero-order chi connectivity index (χ0) is 9.47. The third kappa shape index (κ3) is 1.45. The Hall–Kier alpha value is -0.240. The molecule has 1 aromatic carbocycles. The second-order valence-corrected chi connectivity index (χ2v) is 4.24. The van der Waals surface area contributed by atoms with Gasteiger partial charge in [-0.3, -0.25) is 0 Å². The number of benzene rings is 1. The maximum atomic E-state index is 6.11. The molecule has 1 saturated carbocycles. The summed E-state index contributed by atoms with van der Waals surface area (Å²) >= 11 is 12.2. The predicted octanol–water partition coefficient (Wildman–Crippen LogP) is 3.20. The van der Waals surface area contributed by atoms with Crippen molar-refractivity contribution >= 4 is 23.2 Å². The summed E-state index contributed by atoms with van der Waals surface area (Å²) in [5.74, 6) is 0. The predicted molar refractivity (Wildman–Crippen MR) is 56.4 cm³/mol. The second-order valence-electron chi connectivity index (χ2n) is 3.43. The van der Waals surface area contributed by atoms with E-state index < -0.39 is 0 Å². The topological polar surface area (TPSA) is 12.0 Å². The molecule has 1 aliphatic rings. The second kappa shape index (κ2) is 3.16. The van der Waals surface area contributed by atoms with Crippen LogP contribution in [-0.4, -0.2) is 7.05 Å². The van der Waals surface area contributed by atoms with Crippen molar-refractivity contribution in [1.82, 2.24) is 5.32 Å². The van der Waals surface area contributed by atoms with E-state index >= 15 is 0 Å². The molecule has 0 atom stereocenters. The maximum Gasteiger partial charge on any atom is 0.0471 e. The average Bonchev–Trinajstić information content (AvgIpc) is 2.85. The van der Waals surface area contributed by atoms with Crippen molar-refractivity contribution in [3.8, 4) is 0 Å². The third-order valence-corrected chi connectivity index (χ3v) is 3.30. The van der Waals surface area contributed by atoms with E-state index in [1.165, 1.54) is 0 Å². The minimum atomic E-state index is 0.0510. The van der Waals surface area contributed by atoms with Gasteiger partial charge >= 0.3 is 0 Å². The monoisotopic (exact) mass is 215 g/mol. The highest BCUT2D eigenvalue weighted by Gasteiger charge is 2.45. The fourth-order valence-corrected chi connectivity index (χ4v) is 2.46. The van der Waals surface area contributed by atoms with Crippen LogP contribution < -0.4 is 5.32 Å². The average molecular weight is 216 g/mol. The van der Waals surface area contributed by atoms with Gasteiger partial charge in [-0.2, -0.15) is 0 Å². The van der Waals surface area contributed by atoms with Gasteiger partial charge in [0, 0.05) is 21.1 Å². The van der Waals surface area contributed by atoms with Gasteiger partial charge in [0.25, 0.3) is 0 Å². The first kappa shape index (κ1) is 9.32. The van der Waals surface area contributed by atoms with E-state index in [4.69, 9.17) is 23.2 Å². The van der Waals surface area contributed by atoms with Gasteiger partial charge in [0.15, 0.2) is 0 Å². The molecule has 1 aliphatic carbocycles. The molecule has 0 aliphatic heterocycles. The molecule has 0 heterocycles. The molecule has 1 N–H and O–H groups in total. The lowest BCUT2D eigenvalue weighted by Crippen LogP contribution is -2.25. The Bertz CT molecular complexity index is 311. The summed E-state index contributed by atoms with van der Waals surface area (Å²) < 4.78 is 0. The van der Waals surface area contributed by atoms with Gasteiger partial charge in [-0.25, -0.2) is 0 Å². The summed E-state index contributed by atoms with van der Waals surface area (Å²) in [6, 6.07) is 5.65. The molecule has 0 saturated heterocycles. The molecule has 70 valence electrons. The highest BCUT2D eigenvalue weighted by atomic mass is 35.5. The Labute approximate surface area is 88.0 Å². The van der Waals surface area contributed by atoms with Crippen LogP contribution >= 0.6 is 23.2 Å². The summed E-state index contributed by atoms with van der Waals surface area (Å²) in [4.78, 5) is 0. The Morgan fingerprint density at radius 3 is 2.15 bits per heavy atom. The van der Waals surface area contributed by atoms with E-state index in [1.54, 1.807) is 0 Å². The number of nitrogens with one attached hydrogen (secondary N) is 1. The molecular weight excluding hydrogens is 205 g/mol. The fraction of sp³-hybridized carbons (Fsp3) is 0.400. The van der Waals surface area contributed by atoms with E-state index in [9.17, 15) is 0 Å². The molecule has 0 radical (unpaired) electrons. The van der Waals surface area contributed by atoms with Crippen LogP contribution in [0.4, 0.5) is 0 Å². The van der Waals surface area contributed by atoms with Crippen molar-refractivity contribution in [3.05, 3.63) is 33.8 Å². The van der Waals surface area contributed by atoms with E-state index in [-0.39, 0.29) is 5.54 Å². The molecule has 3 heteroatoms. The Kier molecular flexibility index (Phi) is 2.26. The summed E-state index contributed by atoms with van der Waals surface area (Å²) in [6.07, 6.45) is 2.24. The zero-order valence-corrected chi connectivity index (χ0v) is 8.91. The van der Waals surface area contributed by atoms with Gasteiger partial charge in [0.05, 0.1) is 0 Å². The molecule has 1 aromatic rings. The van der Waals surface area contributed by atoms with Crippen LogP contribution in [-0.2, 0) is 5.54 Å². The van der Waals surface area contributed by atoms with E-state index in [2.05, 4.69) is 5.32 Å². The van der Waals surface area contributed by atoms with Crippen LogP contribution in [0.3, 0.4) is 0 Å². The summed E-state index contributed by atoms with van der Waals surface area (Å²) in [5, 5.41) is 4.81.